The molecule has 0 aromatic heterocycles. The first-order valence-corrected chi connectivity index (χ1v) is 6.69. The monoisotopic (exact) mass is 268 g/mol. The van der Waals surface area contributed by atoms with Crippen molar-refractivity contribution in [3.63, 3.8) is 0 Å². The van der Waals surface area contributed by atoms with Crippen LogP contribution in [0.15, 0.2) is 48.5 Å². The van der Waals surface area contributed by atoms with E-state index in [9.17, 15) is 4.89 Å². The largest absolute Gasteiger partial charge is 1.00 e. The van der Waals surface area contributed by atoms with Crippen molar-refractivity contribution in [3.05, 3.63) is 59.7 Å². The summed E-state index contributed by atoms with van der Waals surface area (Å²) < 4.78 is 10.4. The second kappa shape index (κ2) is 7.58. The molecule has 2 aromatic rings. The molecule has 0 radical (unpaired) electrons. The number of hydrogen-bond donors (Lipinski definition) is 0. The number of hydrogen-bond acceptors (Lipinski definition) is 3. The van der Waals surface area contributed by atoms with Gasteiger partial charge in [-0.1, -0.05) is 35.4 Å². The van der Waals surface area contributed by atoms with Gasteiger partial charge in [-0.05, 0) is 38.1 Å². The van der Waals surface area contributed by atoms with E-state index in [1.165, 1.54) is 0 Å². The molecule has 3 nitrogen and oxygen atoms in total. The van der Waals surface area contributed by atoms with Gasteiger partial charge in [0.1, 0.15) is 11.5 Å². The van der Waals surface area contributed by atoms with Crippen molar-refractivity contribution in [2.75, 3.05) is 0 Å². The SMILES string of the molecule is Cc1ccc(OP([O-])Oc2ccc(C)cc2)cc1.[Li+]. The molecule has 0 bridgehead atoms. The van der Waals surface area contributed by atoms with E-state index in [1.54, 1.807) is 24.3 Å². The molecule has 0 aliphatic heterocycles. The fraction of sp³-hybridized carbons (Fsp3) is 0.143. The summed E-state index contributed by atoms with van der Waals surface area (Å²) in [5.41, 5.74) is 2.24. The van der Waals surface area contributed by atoms with Crippen LogP contribution < -0.4 is 32.8 Å². The number of benzene rings is 2. The van der Waals surface area contributed by atoms with Gasteiger partial charge in [-0.3, -0.25) is 0 Å². The average Bonchev–Trinajstić information content (AvgIpc) is 2.35. The van der Waals surface area contributed by atoms with Crippen molar-refractivity contribution in [2.45, 2.75) is 13.8 Å². The molecule has 0 atom stereocenters. The molecule has 2 rings (SSSR count). The third-order valence-corrected chi connectivity index (χ3v) is 3.12. The fourth-order valence-corrected chi connectivity index (χ4v) is 2.01. The van der Waals surface area contributed by atoms with Gasteiger partial charge < -0.3 is 13.9 Å². The Morgan fingerprint density at radius 3 is 1.37 bits per heavy atom. The van der Waals surface area contributed by atoms with E-state index in [4.69, 9.17) is 9.05 Å². The minimum atomic E-state index is -2.20. The van der Waals surface area contributed by atoms with Gasteiger partial charge in [0.15, 0.2) is 0 Å². The third-order valence-electron chi connectivity index (χ3n) is 2.40. The standard InChI is InChI=1S/C14H14O3P.Li/c1-11-3-7-13(8-4-11)16-18(15)17-14-9-5-12(2)6-10-14;/h3-10H,1-2H3;/q-1;+1. The van der Waals surface area contributed by atoms with Crippen LogP contribution in [0.2, 0.25) is 0 Å². The van der Waals surface area contributed by atoms with E-state index < -0.39 is 8.60 Å². The molecular formula is C14H14LiO3P. The van der Waals surface area contributed by atoms with E-state index in [0.717, 1.165) is 11.1 Å². The number of rotatable bonds is 4. The minimum absolute atomic E-state index is 0. The van der Waals surface area contributed by atoms with Crippen molar-refractivity contribution in [3.8, 4) is 11.5 Å². The summed E-state index contributed by atoms with van der Waals surface area (Å²) in [6, 6.07) is 14.6. The summed E-state index contributed by atoms with van der Waals surface area (Å²) >= 11 is 0. The zero-order valence-electron chi connectivity index (χ0n) is 11.3. The van der Waals surface area contributed by atoms with Crippen molar-refractivity contribution < 1.29 is 32.8 Å². The molecular weight excluding hydrogens is 254 g/mol. The van der Waals surface area contributed by atoms with Crippen LogP contribution in [0.1, 0.15) is 11.1 Å². The Morgan fingerprint density at radius 1 is 0.737 bits per heavy atom. The van der Waals surface area contributed by atoms with Crippen LogP contribution in [-0.4, -0.2) is 0 Å². The molecule has 19 heavy (non-hydrogen) atoms. The maximum Gasteiger partial charge on any atom is 1.00 e. The molecule has 94 valence electrons. The first kappa shape index (κ1) is 16.1. The van der Waals surface area contributed by atoms with Crippen molar-refractivity contribution in [2.24, 2.45) is 0 Å². The maximum absolute atomic E-state index is 11.7. The van der Waals surface area contributed by atoms with Crippen molar-refractivity contribution >= 4 is 8.60 Å². The van der Waals surface area contributed by atoms with Gasteiger partial charge in [-0.25, -0.2) is 0 Å². The fourth-order valence-electron chi connectivity index (χ4n) is 1.39. The molecule has 0 aliphatic carbocycles. The van der Waals surface area contributed by atoms with Gasteiger partial charge in [-0.2, -0.15) is 0 Å². The summed E-state index contributed by atoms with van der Waals surface area (Å²) in [6.07, 6.45) is 0. The van der Waals surface area contributed by atoms with E-state index in [0.29, 0.717) is 11.5 Å². The Kier molecular flexibility index (Phi) is 6.41. The summed E-state index contributed by atoms with van der Waals surface area (Å²) in [6.45, 7) is 3.96. The van der Waals surface area contributed by atoms with Crippen LogP contribution in [0.3, 0.4) is 0 Å². The molecule has 0 aliphatic rings. The zero-order valence-corrected chi connectivity index (χ0v) is 12.2. The van der Waals surface area contributed by atoms with Gasteiger partial charge in [0.25, 0.3) is 0 Å². The average molecular weight is 268 g/mol. The molecule has 2 aromatic carbocycles. The van der Waals surface area contributed by atoms with E-state index in [1.807, 2.05) is 38.1 Å². The molecule has 0 saturated carbocycles. The molecule has 0 heterocycles. The van der Waals surface area contributed by atoms with Gasteiger partial charge in [0.2, 0.25) is 8.60 Å². The van der Waals surface area contributed by atoms with Crippen LogP contribution in [0.4, 0.5) is 0 Å². The van der Waals surface area contributed by atoms with Crippen LogP contribution in [0.25, 0.3) is 0 Å². The molecule has 0 unspecified atom stereocenters. The van der Waals surface area contributed by atoms with Gasteiger partial charge in [0, 0.05) is 0 Å². The molecule has 0 N–H and O–H groups in total. The second-order valence-corrected chi connectivity index (χ2v) is 4.84. The molecule has 0 amide bonds. The van der Waals surface area contributed by atoms with E-state index in [2.05, 4.69) is 0 Å². The second-order valence-electron chi connectivity index (χ2n) is 4.03. The van der Waals surface area contributed by atoms with E-state index in [-0.39, 0.29) is 18.9 Å². The zero-order chi connectivity index (χ0) is 13.0. The van der Waals surface area contributed by atoms with Gasteiger partial charge >= 0.3 is 18.9 Å². The summed E-state index contributed by atoms with van der Waals surface area (Å²) in [5.74, 6) is 1.07. The summed E-state index contributed by atoms with van der Waals surface area (Å²) in [7, 11) is -2.20. The van der Waals surface area contributed by atoms with Gasteiger partial charge in [-0.15, -0.1) is 0 Å². The smallest absolute Gasteiger partial charge is 0.765 e. The van der Waals surface area contributed by atoms with Crippen LogP contribution in [-0.2, 0) is 0 Å². The maximum atomic E-state index is 11.7. The van der Waals surface area contributed by atoms with Crippen LogP contribution in [0, 0.1) is 13.8 Å². The molecule has 5 heteroatoms. The molecule has 0 saturated heterocycles. The van der Waals surface area contributed by atoms with Gasteiger partial charge in [0.05, 0.1) is 0 Å². The van der Waals surface area contributed by atoms with Crippen LogP contribution in [0.5, 0.6) is 11.5 Å². The quantitative estimate of drug-likeness (QED) is 0.593. The first-order valence-electron chi connectivity index (χ1n) is 5.60. The first-order chi connectivity index (χ1) is 8.63. The Bertz CT molecular complexity index is 452. The topological polar surface area (TPSA) is 41.5 Å². The molecule has 0 fully saturated rings. The Labute approximate surface area is 126 Å². The predicted molar refractivity (Wildman–Crippen MR) is 70.5 cm³/mol. The predicted octanol–water partition coefficient (Wildman–Crippen LogP) is 0.352. The Balaban J connectivity index is 0.00000180. The van der Waals surface area contributed by atoms with Crippen molar-refractivity contribution in [1.82, 2.24) is 0 Å². The normalized spacial score (nSPS) is 9.89. The molecule has 0 spiro atoms. The summed E-state index contributed by atoms with van der Waals surface area (Å²) in [4.78, 5) is 11.7. The Hall–Kier alpha value is -0.973. The van der Waals surface area contributed by atoms with Crippen LogP contribution >= 0.6 is 8.60 Å². The number of aryl methyl sites for hydroxylation is 2. The minimum Gasteiger partial charge on any atom is -0.765 e. The Morgan fingerprint density at radius 2 is 1.05 bits per heavy atom. The third kappa shape index (κ3) is 5.26. The van der Waals surface area contributed by atoms with E-state index >= 15 is 0 Å². The van der Waals surface area contributed by atoms with Crippen molar-refractivity contribution in [1.29, 1.82) is 0 Å². The summed E-state index contributed by atoms with van der Waals surface area (Å²) in [5, 5.41) is 0.